The number of ketones is 1. The molecule has 0 aliphatic heterocycles. The number of nitrogens with zero attached hydrogens (tertiary/aromatic N) is 2. The third-order valence-electron chi connectivity index (χ3n) is 3.33. The Labute approximate surface area is 163 Å². The average molecular weight is 402 g/mol. The molecule has 0 atom stereocenters. The summed E-state index contributed by atoms with van der Waals surface area (Å²) in [7, 11) is 0. The van der Waals surface area contributed by atoms with E-state index in [9.17, 15) is 14.0 Å². The fourth-order valence-electron chi connectivity index (χ4n) is 2.17. The highest BCUT2D eigenvalue weighted by atomic mass is 32.2. The van der Waals surface area contributed by atoms with Gasteiger partial charge in [-0.2, -0.15) is 0 Å². The second-order valence-corrected chi connectivity index (χ2v) is 7.68. The summed E-state index contributed by atoms with van der Waals surface area (Å²) in [6, 6.07) is 12.7. The van der Waals surface area contributed by atoms with Crippen LogP contribution >= 0.6 is 23.1 Å². The van der Waals surface area contributed by atoms with Crippen LogP contribution in [0.5, 0.6) is 0 Å². The number of carbonyl (C=O) groups is 2. The number of thioether (sulfide) groups is 1. The highest BCUT2D eigenvalue weighted by Gasteiger charge is 2.10. The molecule has 0 unspecified atom stereocenters. The summed E-state index contributed by atoms with van der Waals surface area (Å²) < 4.78 is 13.6. The van der Waals surface area contributed by atoms with Crippen LogP contribution in [0.25, 0.3) is 0 Å². The van der Waals surface area contributed by atoms with Crippen molar-refractivity contribution in [3.05, 3.63) is 59.9 Å². The molecule has 9 heteroatoms. The maximum absolute atomic E-state index is 12.9. The molecule has 2 aromatic carbocycles. The number of anilines is 3. The first kappa shape index (κ1) is 19.0. The SMILES string of the molecule is CC(=O)Nc1cccc(Nc2nnc(SCC(=O)c3ccc(F)cc3)s2)c1. The van der Waals surface area contributed by atoms with Crippen molar-refractivity contribution in [2.75, 3.05) is 16.4 Å². The molecule has 1 heterocycles. The van der Waals surface area contributed by atoms with E-state index in [0.717, 1.165) is 5.69 Å². The third kappa shape index (κ3) is 5.60. The summed E-state index contributed by atoms with van der Waals surface area (Å²) in [6.07, 6.45) is 0. The summed E-state index contributed by atoms with van der Waals surface area (Å²) >= 11 is 2.59. The van der Waals surface area contributed by atoms with Crippen molar-refractivity contribution in [3.8, 4) is 0 Å². The Morgan fingerprint density at radius 3 is 2.59 bits per heavy atom. The Morgan fingerprint density at radius 2 is 1.85 bits per heavy atom. The summed E-state index contributed by atoms with van der Waals surface area (Å²) in [5.41, 5.74) is 1.90. The Bertz CT molecular complexity index is 960. The summed E-state index contributed by atoms with van der Waals surface area (Å²) in [6.45, 7) is 1.45. The summed E-state index contributed by atoms with van der Waals surface area (Å²) in [5.74, 6) is -0.430. The van der Waals surface area contributed by atoms with Crippen molar-refractivity contribution in [1.29, 1.82) is 0 Å². The molecule has 2 N–H and O–H groups in total. The minimum Gasteiger partial charge on any atom is -0.330 e. The highest BCUT2D eigenvalue weighted by Crippen LogP contribution is 2.28. The number of halogens is 1. The van der Waals surface area contributed by atoms with E-state index in [1.54, 1.807) is 12.1 Å². The van der Waals surface area contributed by atoms with Crippen LogP contribution in [0.1, 0.15) is 17.3 Å². The molecule has 1 aromatic heterocycles. The molecule has 0 saturated heterocycles. The number of hydrogen-bond donors (Lipinski definition) is 2. The van der Waals surface area contributed by atoms with E-state index < -0.39 is 0 Å². The van der Waals surface area contributed by atoms with Crippen LogP contribution in [0.2, 0.25) is 0 Å². The van der Waals surface area contributed by atoms with Crippen molar-refractivity contribution in [2.45, 2.75) is 11.3 Å². The Morgan fingerprint density at radius 1 is 1.11 bits per heavy atom. The van der Waals surface area contributed by atoms with E-state index in [0.29, 0.717) is 20.7 Å². The van der Waals surface area contributed by atoms with E-state index in [-0.39, 0.29) is 23.3 Å². The monoisotopic (exact) mass is 402 g/mol. The van der Waals surface area contributed by atoms with Crippen molar-refractivity contribution in [1.82, 2.24) is 10.2 Å². The lowest BCUT2D eigenvalue weighted by Crippen LogP contribution is -2.05. The molecule has 0 bridgehead atoms. The molecule has 1 amide bonds. The van der Waals surface area contributed by atoms with Crippen LogP contribution in [0.3, 0.4) is 0 Å². The van der Waals surface area contributed by atoms with Crippen molar-refractivity contribution in [3.63, 3.8) is 0 Å². The predicted octanol–water partition coefficient (Wildman–Crippen LogP) is 4.35. The molecule has 3 aromatic rings. The van der Waals surface area contributed by atoms with Crippen molar-refractivity contribution in [2.24, 2.45) is 0 Å². The van der Waals surface area contributed by atoms with Crippen LogP contribution in [-0.4, -0.2) is 27.6 Å². The number of Topliss-reactive ketones (excluding diaryl/α,β-unsaturated/α-hetero) is 1. The molecule has 0 aliphatic carbocycles. The fraction of sp³-hybridized carbons (Fsp3) is 0.111. The number of rotatable bonds is 7. The molecule has 138 valence electrons. The van der Waals surface area contributed by atoms with Gasteiger partial charge in [-0.3, -0.25) is 9.59 Å². The van der Waals surface area contributed by atoms with Gasteiger partial charge in [-0.15, -0.1) is 10.2 Å². The standard InChI is InChI=1S/C18H15FN4O2S2/c1-11(24)20-14-3-2-4-15(9-14)21-17-22-23-18(27-17)26-10-16(25)12-5-7-13(19)8-6-12/h2-9H,10H2,1H3,(H,20,24)(H,21,22). The maximum Gasteiger partial charge on any atom is 0.221 e. The van der Waals surface area contributed by atoms with Gasteiger partial charge in [0.1, 0.15) is 5.82 Å². The minimum atomic E-state index is -0.374. The summed E-state index contributed by atoms with van der Waals surface area (Å²) in [4.78, 5) is 23.2. The molecule has 27 heavy (non-hydrogen) atoms. The zero-order valence-corrected chi connectivity index (χ0v) is 15.9. The zero-order valence-electron chi connectivity index (χ0n) is 14.2. The van der Waals surface area contributed by atoms with Crippen LogP contribution in [0.4, 0.5) is 20.9 Å². The first-order chi connectivity index (χ1) is 13.0. The third-order valence-corrected chi connectivity index (χ3v) is 5.31. The number of nitrogens with one attached hydrogen (secondary N) is 2. The molecule has 6 nitrogen and oxygen atoms in total. The Balaban J connectivity index is 1.57. The van der Waals surface area contributed by atoms with E-state index in [4.69, 9.17) is 0 Å². The van der Waals surface area contributed by atoms with Gasteiger partial charge in [-0.05, 0) is 42.5 Å². The van der Waals surface area contributed by atoms with Crippen LogP contribution in [0, 0.1) is 5.82 Å². The van der Waals surface area contributed by atoms with Crippen molar-refractivity contribution < 1.29 is 14.0 Å². The number of benzene rings is 2. The highest BCUT2D eigenvalue weighted by molar-refractivity contribution is 8.01. The van der Waals surface area contributed by atoms with Crippen LogP contribution in [-0.2, 0) is 4.79 Å². The minimum absolute atomic E-state index is 0.104. The number of amides is 1. The maximum atomic E-state index is 12.9. The summed E-state index contributed by atoms with van der Waals surface area (Å²) in [5, 5.41) is 14.5. The second-order valence-electron chi connectivity index (χ2n) is 5.48. The van der Waals surface area contributed by atoms with Gasteiger partial charge in [-0.25, -0.2) is 4.39 Å². The Hall–Kier alpha value is -2.78. The zero-order chi connectivity index (χ0) is 19.2. The van der Waals surface area contributed by atoms with Gasteiger partial charge >= 0.3 is 0 Å². The fourth-order valence-corrected chi connectivity index (χ4v) is 3.83. The molecular formula is C18H15FN4O2S2. The Kier molecular flexibility index (Phi) is 6.15. The van der Waals surface area contributed by atoms with Gasteiger partial charge in [-0.1, -0.05) is 29.2 Å². The van der Waals surface area contributed by atoms with Crippen molar-refractivity contribution >= 4 is 51.3 Å². The topological polar surface area (TPSA) is 84.0 Å². The van der Waals surface area contributed by atoms with Crippen LogP contribution < -0.4 is 10.6 Å². The normalized spacial score (nSPS) is 10.4. The van der Waals surface area contributed by atoms with Crippen LogP contribution in [0.15, 0.2) is 52.9 Å². The predicted molar refractivity (Wildman–Crippen MR) is 105 cm³/mol. The molecule has 0 saturated carbocycles. The van der Waals surface area contributed by atoms with Gasteiger partial charge in [0.15, 0.2) is 10.1 Å². The number of aromatic nitrogens is 2. The molecular weight excluding hydrogens is 387 g/mol. The van der Waals surface area contributed by atoms with Gasteiger partial charge in [0, 0.05) is 23.9 Å². The van der Waals surface area contributed by atoms with Gasteiger partial charge in [0.2, 0.25) is 11.0 Å². The first-order valence-electron chi connectivity index (χ1n) is 7.89. The van der Waals surface area contributed by atoms with Gasteiger partial charge < -0.3 is 10.6 Å². The smallest absolute Gasteiger partial charge is 0.221 e. The van der Waals surface area contributed by atoms with E-state index in [2.05, 4.69) is 20.8 Å². The quantitative estimate of drug-likeness (QED) is 0.451. The van der Waals surface area contributed by atoms with E-state index >= 15 is 0 Å². The molecule has 0 aliphatic rings. The molecule has 0 radical (unpaired) electrons. The lowest BCUT2D eigenvalue weighted by atomic mass is 10.1. The van der Waals surface area contributed by atoms with E-state index in [1.165, 1.54) is 54.3 Å². The lowest BCUT2D eigenvalue weighted by Gasteiger charge is -2.05. The molecule has 3 rings (SSSR count). The van der Waals surface area contributed by atoms with Gasteiger partial charge in [0.05, 0.1) is 5.75 Å². The average Bonchev–Trinajstić information content (AvgIpc) is 3.07. The first-order valence-corrected chi connectivity index (χ1v) is 9.69. The number of hydrogen-bond acceptors (Lipinski definition) is 7. The van der Waals surface area contributed by atoms with Gasteiger partial charge in [0.25, 0.3) is 0 Å². The molecule has 0 spiro atoms. The lowest BCUT2D eigenvalue weighted by molar-refractivity contribution is -0.114. The van der Waals surface area contributed by atoms with E-state index in [1.807, 2.05) is 12.1 Å². The second kappa shape index (κ2) is 8.74. The largest absolute Gasteiger partial charge is 0.330 e. The molecule has 0 fully saturated rings. The number of carbonyl (C=O) groups excluding carboxylic acids is 2.